The molecule has 2 N–H and O–H groups in total. The maximum absolute atomic E-state index is 10.9. The topological polar surface area (TPSA) is 49.3 Å². The summed E-state index contributed by atoms with van der Waals surface area (Å²) in [6.07, 6.45) is 6.87. The van der Waals surface area contributed by atoms with Gasteiger partial charge in [0.25, 0.3) is 5.91 Å². The van der Waals surface area contributed by atoms with Crippen molar-refractivity contribution in [3.05, 3.63) is 76.5 Å². The van der Waals surface area contributed by atoms with E-state index in [1.165, 1.54) is 6.08 Å². The van der Waals surface area contributed by atoms with Crippen molar-refractivity contribution >= 4 is 35.0 Å². The number of thiophene rings is 1. The van der Waals surface area contributed by atoms with Crippen LogP contribution < -0.4 is 5.48 Å². The molecule has 1 aromatic heterocycles. The zero-order chi connectivity index (χ0) is 15.1. The molecule has 0 atom stereocenters. The smallest absolute Gasteiger partial charge is 0.267 e. The van der Waals surface area contributed by atoms with E-state index in [-0.39, 0.29) is 0 Å². The highest BCUT2D eigenvalue weighted by Gasteiger charge is 1.95. The molecule has 0 unspecified atom stereocenters. The molecular formula is C17H15NO2S. The Morgan fingerprint density at radius 3 is 2.24 bits per heavy atom. The molecule has 0 spiro atoms. The van der Waals surface area contributed by atoms with Crippen LogP contribution in [0.3, 0.4) is 0 Å². The molecule has 0 aliphatic carbocycles. The minimum atomic E-state index is -0.550. The summed E-state index contributed by atoms with van der Waals surface area (Å²) in [6, 6.07) is 11.7. The molecule has 1 amide bonds. The molecule has 2 aromatic rings. The molecule has 0 saturated carbocycles. The summed E-state index contributed by atoms with van der Waals surface area (Å²) in [5.41, 5.74) is 4.46. The average molecular weight is 297 g/mol. The fraction of sp³-hybridized carbons (Fsp3) is 0. The van der Waals surface area contributed by atoms with Gasteiger partial charge < -0.3 is 0 Å². The second kappa shape index (κ2) is 7.38. The van der Waals surface area contributed by atoms with E-state index < -0.39 is 5.91 Å². The fourth-order valence-electron chi connectivity index (χ4n) is 1.67. The predicted molar refractivity (Wildman–Crippen MR) is 87.8 cm³/mol. The fourth-order valence-corrected chi connectivity index (χ4v) is 2.35. The number of carbonyl (C=O) groups excluding carboxylic acids is 1. The van der Waals surface area contributed by atoms with Crippen molar-refractivity contribution in [2.24, 2.45) is 0 Å². The van der Waals surface area contributed by atoms with Crippen LogP contribution in [0.15, 0.2) is 60.5 Å². The highest BCUT2D eigenvalue weighted by molar-refractivity contribution is 7.11. The molecule has 21 heavy (non-hydrogen) atoms. The summed E-state index contributed by atoms with van der Waals surface area (Å²) < 4.78 is 0. The van der Waals surface area contributed by atoms with Crippen LogP contribution in [0.25, 0.3) is 17.7 Å². The van der Waals surface area contributed by atoms with Crippen molar-refractivity contribution in [2.75, 3.05) is 0 Å². The second-order valence-corrected chi connectivity index (χ2v) is 5.26. The molecule has 0 radical (unpaired) electrons. The van der Waals surface area contributed by atoms with E-state index in [9.17, 15) is 4.79 Å². The second-order valence-electron chi connectivity index (χ2n) is 4.31. The van der Waals surface area contributed by atoms with E-state index in [4.69, 9.17) is 5.21 Å². The largest absolute Gasteiger partial charge is 0.288 e. The van der Waals surface area contributed by atoms with E-state index >= 15 is 0 Å². The van der Waals surface area contributed by atoms with Crippen LogP contribution in [-0.2, 0) is 4.79 Å². The molecule has 106 valence electrons. The molecule has 0 saturated heterocycles. The highest BCUT2D eigenvalue weighted by atomic mass is 32.1. The van der Waals surface area contributed by atoms with Crippen molar-refractivity contribution in [3.8, 4) is 0 Å². The van der Waals surface area contributed by atoms with Gasteiger partial charge in [0.15, 0.2) is 0 Å². The van der Waals surface area contributed by atoms with Crippen molar-refractivity contribution in [1.29, 1.82) is 0 Å². The van der Waals surface area contributed by atoms with Crippen LogP contribution in [0.5, 0.6) is 0 Å². The lowest BCUT2D eigenvalue weighted by molar-refractivity contribution is -0.124. The number of hydrogen-bond donors (Lipinski definition) is 2. The minimum absolute atomic E-state index is 0.550. The lowest BCUT2D eigenvalue weighted by Gasteiger charge is -1.97. The van der Waals surface area contributed by atoms with Crippen LogP contribution in [0.1, 0.15) is 16.0 Å². The normalized spacial score (nSPS) is 11.1. The first-order valence-electron chi connectivity index (χ1n) is 6.32. The third kappa shape index (κ3) is 4.56. The molecule has 0 fully saturated rings. The Morgan fingerprint density at radius 2 is 1.71 bits per heavy atom. The zero-order valence-corrected chi connectivity index (χ0v) is 12.1. The predicted octanol–water partition coefficient (Wildman–Crippen LogP) is 3.99. The number of carbonyl (C=O) groups is 1. The Balaban J connectivity index is 2.01. The zero-order valence-electron chi connectivity index (χ0n) is 11.3. The molecule has 0 aliphatic heterocycles. The van der Waals surface area contributed by atoms with Crippen LogP contribution in [0.2, 0.25) is 0 Å². The van der Waals surface area contributed by atoms with E-state index in [0.717, 1.165) is 21.6 Å². The summed E-state index contributed by atoms with van der Waals surface area (Å²) in [5.74, 6) is -0.550. The summed E-state index contributed by atoms with van der Waals surface area (Å²) in [5, 5.41) is 10.4. The maximum atomic E-state index is 10.9. The number of nitrogens with one attached hydrogen (secondary N) is 1. The summed E-state index contributed by atoms with van der Waals surface area (Å²) in [4.78, 5) is 12.0. The molecule has 2 rings (SSSR count). The summed E-state index contributed by atoms with van der Waals surface area (Å²) in [7, 11) is 0. The van der Waals surface area contributed by atoms with E-state index in [1.807, 2.05) is 53.9 Å². The van der Waals surface area contributed by atoms with Gasteiger partial charge in [-0.05, 0) is 34.2 Å². The molecule has 1 heterocycles. The number of hydrogen-bond acceptors (Lipinski definition) is 3. The quantitative estimate of drug-likeness (QED) is 0.379. The van der Waals surface area contributed by atoms with Crippen LogP contribution >= 0.6 is 11.3 Å². The maximum Gasteiger partial charge on any atom is 0.267 e. The van der Waals surface area contributed by atoms with Gasteiger partial charge in [0.05, 0.1) is 0 Å². The number of rotatable bonds is 5. The first kappa shape index (κ1) is 15.0. The number of benzene rings is 1. The average Bonchev–Trinajstić information content (AvgIpc) is 3.05. The third-order valence-corrected chi connectivity index (χ3v) is 3.73. The third-order valence-electron chi connectivity index (χ3n) is 2.79. The Bertz CT molecular complexity index is 667. The Labute approximate surface area is 127 Å². The van der Waals surface area contributed by atoms with E-state index in [1.54, 1.807) is 22.9 Å². The monoisotopic (exact) mass is 297 g/mol. The SMILES string of the molecule is C=C(/C=C/c1ccc(/C=C/C(=O)NO)cc1)c1cccs1. The van der Waals surface area contributed by atoms with Crippen molar-refractivity contribution in [1.82, 2.24) is 5.48 Å². The Hall–Kier alpha value is -2.43. The van der Waals surface area contributed by atoms with Crippen LogP contribution in [-0.4, -0.2) is 11.1 Å². The van der Waals surface area contributed by atoms with Gasteiger partial charge in [-0.1, -0.05) is 49.1 Å². The van der Waals surface area contributed by atoms with Gasteiger partial charge in [-0.25, -0.2) is 5.48 Å². The number of allylic oxidation sites excluding steroid dienone is 2. The number of amides is 1. The van der Waals surface area contributed by atoms with Crippen LogP contribution in [0.4, 0.5) is 0 Å². The molecule has 3 nitrogen and oxygen atoms in total. The first-order valence-corrected chi connectivity index (χ1v) is 7.20. The summed E-state index contributed by atoms with van der Waals surface area (Å²) >= 11 is 1.66. The van der Waals surface area contributed by atoms with Crippen molar-refractivity contribution < 1.29 is 10.0 Å². The van der Waals surface area contributed by atoms with Gasteiger partial charge in [-0.2, -0.15) is 0 Å². The Morgan fingerprint density at radius 1 is 1.10 bits per heavy atom. The molecule has 1 aromatic carbocycles. The molecule has 0 bridgehead atoms. The van der Waals surface area contributed by atoms with Gasteiger partial charge in [0, 0.05) is 11.0 Å². The first-order chi connectivity index (χ1) is 10.2. The standard InChI is InChI=1S/C17H15NO2S/c1-13(16-3-2-12-21-16)4-5-14-6-8-15(9-7-14)10-11-17(19)18-20/h2-12,20H,1H2,(H,18,19)/b5-4+,11-10+. The molecule has 4 heteroatoms. The number of hydroxylamine groups is 1. The summed E-state index contributed by atoms with van der Waals surface area (Å²) in [6.45, 7) is 4.03. The van der Waals surface area contributed by atoms with Gasteiger partial charge in [0.1, 0.15) is 0 Å². The molecular weight excluding hydrogens is 282 g/mol. The Kier molecular flexibility index (Phi) is 5.26. The van der Waals surface area contributed by atoms with Crippen molar-refractivity contribution in [3.63, 3.8) is 0 Å². The molecule has 0 aliphatic rings. The van der Waals surface area contributed by atoms with Crippen LogP contribution in [0, 0.1) is 0 Å². The lowest BCUT2D eigenvalue weighted by atomic mass is 10.1. The van der Waals surface area contributed by atoms with Gasteiger partial charge in [0.2, 0.25) is 0 Å². The minimum Gasteiger partial charge on any atom is -0.288 e. The highest BCUT2D eigenvalue weighted by Crippen LogP contribution is 2.20. The van der Waals surface area contributed by atoms with Gasteiger partial charge in [-0.15, -0.1) is 11.3 Å². The van der Waals surface area contributed by atoms with Crippen molar-refractivity contribution in [2.45, 2.75) is 0 Å². The van der Waals surface area contributed by atoms with Gasteiger partial charge in [-0.3, -0.25) is 10.0 Å². The van der Waals surface area contributed by atoms with E-state index in [2.05, 4.69) is 6.58 Å². The lowest BCUT2D eigenvalue weighted by Crippen LogP contribution is -2.14. The van der Waals surface area contributed by atoms with Gasteiger partial charge >= 0.3 is 0 Å². The van der Waals surface area contributed by atoms with E-state index in [0.29, 0.717) is 0 Å².